The van der Waals surface area contributed by atoms with Crippen molar-refractivity contribution in [2.75, 3.05) is 43.0 Å². The van der Waals surface area contributed by atoms with Crippen LogP contribution in [-0.4, -0.2) is 77.3 Å². The van der Waals surface area contributed by atoms with Gasteiger partial charge in [0, 0.05) is 24.7 Å². The summed E-state index contributed by atoms with van der Waals surface area (Å²) in [7, 11) is 0. The van der Waals surface area contributed by atoms with E-state index < -0.39 is 42.4 Å². The SMILES string of the molecule is Cc1cc(NC[C@H]2CN(c3cc(F)c(C4=CCN(C(=O)[C@@H](O)CO)CC4)c(F)c3)C(=O)O2)on1. The van der Waals surface area contributed by atoms with Gasteiger partial charge in [0.25, 0.3) is 5.91 Å². The number of carbonyl (C=O) groups excluding carboxylic acids is 2. The maximum absolute atomic E-state index is 14.9. The fourth-order valence-corrected chi connectivity index (χ4v) is 3.91. The summed E-state index contributed by atoms with van der Waals surface area (Å²) in [6, 6.07) is 3.83. The van der Waals surface area contributed by atoms with Gasteiger partial charge in [-0.3, -0.25) is 9.69 Å². The van der Waals surface area contributed by atoms with Crippen LogP contribution in [0.15, 0.2) is 28.8 Å². The van der Waals surface area contributed by atoms with Crippen LogP contribution in [0.3, 0.4) is 0 Å². The number of cyclic esters (lactones) is 1. The molecule has 10 nitrogen and oxygen atoms in total. The van der Waals surface area contributed by atoms with Gasteiger partial charge < -0.3 is 29.7 Å². The van der Waals surface area contributed by atoms with Gasteiger partial charge in [-0.05, 0) is 31.1 Å². The Labute approximate surface area is 193 Å². The average Bonchev–Trinajstić information content (AvgIpc) is 3.41. The molecule has 2 atom stereocenters. The van der Waals surface area contributed by atoms with Gasteiger partial charge in [-0.25, -0.2) is 13.6 Å². The fraction of sp³-hybridized carbons (Fsp3) is 0.409. The summed E-state index contributed by atoms with van der Waals surface area (Å²) in [4.78, 5) is 26.7. The van der Waals surface area contributed by atoms with Crippen LogP contribution >= 0.6 is 0 Å². The molecule has 1 fully saturated rings. The van der Waals surface area contributed by atoms with Crippen LogP contribution in [0.25, 0.3) is 5.57 Å². The minimum Gasteiger partial charge on any atom is -0.442 e. The molecule has 34 heavy (non-hydrogen) atoms. The number of rotatable bonds is 7. The number of aliphatic hydroxyl groups is 2. The normalized spacial score (nSPS) is 19.1. The number of carbonyl (C=O) groups is 2. The molecule has 1 aromatic heterocycles. The topological polar surface area (TPSA) is 128 Å². The van der Waals surface area contributed by atoms with Gasteiger partial charge in [0.1, 0.15) is 17.7 Å². The predicted molar refractivity (Wildman–Crippen MR) is 116 cm³/mol. The second-order valence-electron chi connectivity index (χ2n) is 8.08. The zero-order valence-electron chi connectivity index (χ0n) is 18.3. The number of nitrogens with one attached hydrogen (secondary N) is 1. The van der Waals surface area contributed by atoms with Crippen LogP contribution in [0.5, 0.6) is 0 Å². The summed E-state index contributed by atoms with van der Waals surface area (Å²) >= 11 is 0. The zero-order chi connectivity index (χ0) is 24.4. The Morgan fingerprint density at radius 1 is 1.32 bits per heavy atom. The molecule has 0 unspecified atom stereocenters. The van der Waals surface area contributed by atoms with Crippen molar-refractivity contribution in [3.63, 3.8) is 0 Å². The quantitative estimate of drug-likeness (QED) is 0.548. The first-order chi connectivity index (χ1) is 16.3. The number of nitrogens with zero attached hydrogens (tertiary/aromatic N) is 3. The third-order valence-corrected chi connectivity index (χ3v) is 5.64. The summed E-state index contributed by atoms with van der Waals surface area (Å²) in [5.74, 6) is -1.92. The van der Waals surface area contributed by atoms with E-state index in [4.69, 9.17) is 14.4 Å². The van der Waals surface area contributed by atoms with E-state index in [0.29, 0.717) is 17.2 Å². The van der Waals surface area contributed by atoms with E-state index in [1.807, 2.05) is 0 Å². The van der Waals surface area contributed by atoms with Crippen LogP contribution in [0.4, 0.5) is 25.1 Å². The lowest BCUT2D eigenvalue weighted by atomic mass is 9.97. The second kappa shape index (κ2) is 9.77. The Morgan fingerprint density at radius 2 is 2.06 bits per heavy atom. The van der Waals surface area contributed by atoms with Crippen LogP contribution in [0.2, 0.25) is 0 Å². The first-order valence-electron chi connectivity index (χ1n) is 10.7. The van der Waals surface area contributed by atoms with E-state index in [0.717, 1.165) is 17.0 Å². The molecule has 1 aromatic carbocycles. The molecule has 4 rings (SSSR count). The van der Waals surface area contributed by atoms with Gasteiger partial charge >= 0.3 is 6.09 Å². The maximum atomic E-state index is 14.9. The molecule has 12 heteroatoms. The number of aromatic nitrogens is 1. The van der Waals surface area contributed by atoms with Crippen molar-refractivity contribution in [1.29, 1.82) is 0 Å². The Balaban J connectivity index is 1.44. The van der Waals surface area contributed by atoms with Gasteiger partial charge in [-0.1, -0.05) is 11.2 Å². The number of hydrogen-bond acceptors (Lipinski definition) is 8. The lowest BCUT2D eigenvalue weighted by Crippen LogP contribution is -2.42. The van der Waals surface area contributed by atoms with Crippen molar-refractivity contribution in [3.8, 4) is 0 Å². The molecule has 2 amide bonds. The minimum absolute atomic E-state index is 0.0287. The average molecular weight is 478 g/mol. The van der Waals surface area contributed by atoms with Crippen molar-refractivity contribution >= 4 is 29.1 Å². The third-order valence-electron chi connectivity index (χ3n) is 5.64. The number of aryl methyl sites for hydroxylation is 1. The highest BCUT2D eigenvalue weighted by molar-refractivity contribution is 5.90. The van der Waals surface area contributed by atoms with Gasteiger partial charge in [0.05, 0.1) is 31.1 Å². The fourth-order valence-electron chi connectivity index (χ4n) is 3.91. The van der Waals surface area contributed by atoms with Gasteiger partial charge in [0.15, 0.2) is 6.10 Å². The number of benzene rings is 1. The standard InChI is InChI=1S/C22H24F2N4O6/c1-12-6-19(34-26-12)25-9-15-10-28(22(32)33-15)14-7-16(23)20(17(24)8-14)13-2-4-27(5-3-13)21(31)18(30)11-29/h2,6-8,15,18,25,29-30H,3-5,9-11H2,1H3/t15-,18-/m0/s1. The number of amides is 2. The lowest BCUT2D eigenvalue weighted by molar-refractivity contribution is -0.141. The third kappa shape index (κ3) is 4.87. The molecule has 3 N–H and O–H groups in total. The molecule has 3 heterocycles. The Hall–Kier alpha value is -3.51. The molecule has 0 spiro atoms. The number of ether oxygens (including phenoxy) is 1. The second-order valence-corrected chi connectivity index (χ2v) is 8.08. The molecule has 1 saturated heterocycles. The lowest BCUT2D eigenvalue weighted by Gasteiger charge is -2.28. The molecule has 0 bridgehead atoms. The van der Waals surface area contributed by atoms with E-state index in [2.05, 4.69) is 10.5 Å². The molecule has 182 valence electrons. The molecule has 0 radical (unpaired) electrons. The van der Waals surface area contributed by atoms with E-state index in [-0.39, 0.29) is 43.9 Å². The highest BCUT2D eigenvalue weighted by Gasteiger charge is 2.34. The molecular formula is C22H24F2N4O6. The van der Waals surface area contributed by atoms with Crippen LogP contribution in [0.1, 0.15) is 17.7 Å². The predicted octanol–water partition coefficient (Wildman–Crippen LogP) is 1.67. The molecule has 0 aliphatic carbocycles. The Kier molecular flexibility index (Phi) is 6.80. The molecule has 2 aliphatic heterocycles. The highest BCUT2D eigenvalue weighted by atomic mass is 19.1. The van der Waals surface area contributed by atoms with Crippen LogP contribution < -0.4 is 10.2 Å². The van der Waals surface area contributed by atoms with Crippen LogP contribution in [-0.2, 0) is 9.53 Å². The molecule has 2 aliphatic rings. The van der Waals surface area contributed by atoms with Crippen molar-refractivity contribution in [2.45, 2.75) is 25.6 Å². The van der Waals surface area contributed by atoms with Crippen molar-refractivity contribution in [2.24, 2.45) is 0 Å². The molecule has 2 aromatic rings. The highest BCUT2D eigenvalue weighted by Crippen LogP contribution is 2.32. The maximum Gasteiger partial charge on any atom is 0.414 e. The van der Waals surface area contributed by atoms with Crippen LogP contribution in [0, 0.1) is 18.6 Å². The van der Waals surface area contributed by atoms with E-state index >= 15 is 0 Å². The van der Waals surface area contributed by atoms with Crippen molar-refractivity contribution in [3.05, 3.63) is 47.2 Å². The Morgan fingerprint density at radius 3 is 2.65 bits per heavy atom. The van der Waals surface area contributed by atoms with Gasteiger partial charge in [-0.2, -0.15) is 0 Å². The summed E-state index contributed by atoms with van der Waals surface area (Å²) in [5.41, 5.74) is 0.859. The molecular weight excluding hydrogens is 454 g/mol. The number of hydrogen-bond donors (Lipinski definition) is 3. The van der Waals surface area contributed by atoms with Crippen molar-refractivity contribution in [1.82, 2.24) is 10.1 Å². The van der Waals surface area contributed by atoms with Gasteiger partial charge in [-0.15, -0.1) is 0 Å². The smallest absolute Gasteiger partial charge is 0.414 e. The summed E-state index contributed by atoms with van der Waals surface area (Å²) in [6.45, 7) is 1.56. The number of anilines is 2. The first-order valence-corrected chi connectivity index (χ1v) is 10.7. The number of aliphatic hydroxyl groups excluding tert-OH is 2. The number of halogens is 2. The first kappa shape index (κ1) is 23.6. The monoisotopic (exact) mass is 478 g/mol. The summed E-state index contributed by atoms with van der Waals surface area (Å²) in [5, 5.41) is 25.1. The molecule has 0 saturated carbocycles. The van der Waals surface area contributed by atoms with Crippen molar-refractivity contribution < 1.29 is 37.8 Å². The van der Waals surface area contributed by atoms with E-state index in [1.165, 1.54) is 11.0 Å². The van der Waals surface area contributed by atoms with Gasteiger partial charge in [0.2, 0.25) is 5.88 Å². The minimum atomic E-state index is -1.53. The Bertz CT molecular complexity index is 1100. The van der Waals surface area contributed by atoms with E-state index in [1.54, 1.807) is 13.0 Å². The zero-order valence-corrected chi connectivity index (χ0v) is 18.3. The largest absolute Gasteiger partial charge is 0.442 e. The summed E-state index contributed by atoms with van der Waals surface area (Å²) in [6.07, 6.45) is -1.15. The summed E-state index contributed by atoms with van der Waals surface area (Å²) < 4.78 is 40.2. The van der Waals surface area contributed by atoms with E-state index in [9.17, 15) is 23.5 Å².